The molecule has 22 heavy (non-hydrogen) atoms. The highest BCUT2D eigenvalue weighted by Gasteiger charge is 2.39. The second kappa shape index (κ2) is 6.79. The van der Waals surface area contributed by atoms with E-state index in [9.17, 15) is 4.79 Å². The zero-order valence-corrected chi connectivity index (χ0v) is 13.3. The number of likely N-dealkylation sites (tertiary alicyclic amines) is 1. The highest BCUT2D eigenvalue weighted by atomic mass is 16.5. The Morgan fingerprint density at radius 3 is 2.86 bits per heavy atom. The molecule has 0 radical (unpaired) electrons. The van der Waals surface area contributed by atoms with Gasteiger partial charge in [0.2, 0.25) is 5.91 Å². The number of piperidine rings is 1. The number of primary amides is 1. The van der Waals surface area contributed by atoms with Crippen LogP contribution in [0.1, 0.15) is 31.9 Å². The van der Waals surface area contributed by atoms with Gasteiger partial charge in [-0.2, -0.15) is 5.10 Å². The molecule has 6 heteroatoms. The molecule has 6 nitrogen and oxygen atoms in total. The Labute approximate surface area is 131 Å². The van der Waals surface area contributed by atoms with Gasteiger partial charge in [-0.05, 0) is 51.3 Å². The van der Waals surface area contributed by atoms with Gasteiger partial charge in [0.15, 0.2) is 0 Å². The second-order valence-corrected chi connectivity index (χ2v) is 6.38. The lowest BCUT2D eigenvalue weighted by Crippen LogP contribution is -2.42. The van der Waals surface area contributed by atoms with E-state index < -0.39 is 0 Å². The lowest BCUT2D eigenvalue weighted by molar-refractivity contribution is -0.124. The van der Waals surface area contributed by atoms with Crippen molar-refractivity contribution < 1.29 is 9.53 Å². The van der Waals surface area contributed by atoms with Crippen LogP contribution in [0.2, 0.25) is 0 Å². The fourth-order valence-electron chi connectivity index (χ4n) is 3.83. The fraction of sp³-hybridized carbons (Fsp3) is 0.750. The first kappa shape index (κ1) is 15.5. The summed E-state index contributed by atoms with van der Waals surface area (Å²) < 4.78 is 7.86. The fourth-order valence-corrected chi connectivity index (χ4v) is 3.83. The zero-order chi connectivity index (χ0) is 15.5. The molecule has 2 saturated heterocycles. The van der Waals surface area contributed by atoms with Crippen molar-refractivity contribution in [1.29, 1.82) is 0 Å². The van der Waals surface area contributed by atoms with Crippen molar-refractivity contribution in [3.63, 3.8) is 0 Å². The van der Waals surface area contributed by atoms with Crippen molar-refractivity contribution in [3.05, 3.63) is 18.0 Å². The van der Waals surface area contributed by atoms with Crippen LogP contribution < -0.4 is 5.73 Å². The van der Waals surface area contributed by atoms with E-state index in [1.807, 2.05) is 6.20 Å². The number of nitrogens with two attached hydrogens (primary N) is 1. The van der Waals surface area contributed by atoms with Crippen LogP contribution in [0, 0.1) is 11.8 Å². The average Bonchev–Trinajstić information content (AvgIpc) is 3.16. The number of carbonyl (C=O) groups is 1. The molecule has 0 aromatic carbocycles. The number of aromatic nitrogens is 2. The quantitative estimate of drug-likeness (QED) is 0.881. The molecule has 0 spiro atoms. The summed E-state index contributed by atoms with van der Waals surface area (Å²) in [7, 11) is 0. The number of rotatable bonds is 5. The lowest BCUT2D eigenvalue weighted by atomic mass is 9.84. The molecule has 122 valence electrons. The van der Waals surface area contributed by atoms with Crippen LogP contribution in [-0.4, -0.2) is 46.4 Å². The first-order valence-electron chi connectivity index (χ1n) is 8.33. The summed E-state index contributed by atoms with van der Waals surface area (Å²) in [6, 6.07) is 2.10. The number of aryl methyl sites for hydroxylation is 1. The van der Waals surface area contributed by atoms with Crippen LogP contribution in [0.15, 0.2) is 12.3 Å². The molecule has 0 saturated carbocycles. The minimum atomic E-state index is -0.197. The van der Waals surface area contributed by atoms with E-state index in [-0.39, 0.29) is 17.9 Å². The van der Waals surface area contributed by atoms with E-state index in [0.29, 0.717) is 12.5 Å². The third-order valence-corrected chi connectivity index (χ3v) is 5.09. The summed E-state index contributed by atoms with van der Waals surface area (Å²) in [4.78, 5) is 14.0. The molecular formula is C16H26N4O2. The van der Waals surface area contributed by atoms with Gasteiger partial charge in [0.05, 0.1) is 17.7 Å². The predicted octanol–water partition coefficient (Wildman–Crippen LogP) is 1.01. The minimum absolute atomic E-state index is 0.0424. The molecule has 2 atom stereocenters. The topological polar surface area (TPSA) is 73.4 Å². The van der Waals surface area contributed by atoms with Gasteiger partial charge in [0.1, 0.15) is 0 Å². The summed E-state index contributed by atoms with van der Waals surface area (Å²) in [5.41, 5.74) is 6.78. The molecule has 1 aromatic rings. The van der Waals surface area contributed by atoms with E-state index >= 15 is 0 Å². The molecule has 1 amide bonds. The van der Waals surface area contributed by atoms with Gasteiger partial charge in [-0.1, -0.05) is 0 Å². The third-order valence-electron chi connectivity index (χ3n) is 5.09. The average molecular weight is 306 g/mol. The standard InChI is InChI=1S/C16H26N4O2/c1-2-20-13(3-7-18-20)11-19-8-4-12(5-9-19)15-14(16(17)21)6-10-22-15/h3,7,12,14-15H,2,4-6,8-11H2,1H3,(H2,17,21)/t14-,15+/m0/s1. The van der Waals surface area contributed by atoms with E-state index in [1.54, 1.807) is 0 Å². The first-order chi connectivity index (χ1) is 10.7. The maximum atomic E-state index is 11.5. The molecule has 0 bridgehead atoms. The Morgan fingerprint density at radius 1 is 1.41 bits per heavy atom. The Bertz CT molecular complexity index is 508. The van der Waals surface area contributed by atoms with Crippen LogP contribution in [-0.2, 0) is 22.6 Å². The summed E-state index contributed by atoms with van der Waals surface area (Å²) in [5.74, 6) is 0.183. The van der Waals surface area contributed by atoms with Gasteiger partial charge < -0.3 is 10.5 Å². The summed E-state index contributed by atoms with van der Waals surface area (Å²) >= 11 is 0. The highest BCUT2D eigenvalue weighted by molar-refractivity contribution is 5.77. The minimum Gasteiger partial charge on any atom is -0.377 e. The van der Waals surface area contributed by atoms with Crippen molar-refractivity contribution >= 4 is 5.91 Å². The van der Waals surface area contributed by atoms with Crippen molar-refractivity contribution in [3.8, 4) is 0 Å². The van der Waals surface area contributed by atoms with Crippen molar-refractivity contribution in [2.75, 3.05) is 19.7 Å². The van der Waals surface area contributed by atoms with Crippen LogP contribution in [0.25, 0.3) is 0 Å². The molecule has 3 rings (SSSR count). The van der Waals surface area contributed by atoms with Gasteiger partial charge in [0, 0.05) is 25.9 Å². The lowest BCUT2D eigenvalue weighted by Gasteiger charge is -2.35. The monoisotopic (exact) mass is 306 g/mol. The Kier molecular flexibility index (Phi) is 4.78. The summed E-state index contributed by atoms with van der Waals surface area (Å²) in [6.45, 7) is 6.74. The van der Waals surface area contributed by atoms with Crippen molar-refractivity contribution in [2.45, 2.75) is 45.4 Å². The third kappa shape index (κ3) is 3.17. The van der Waals surface area contributed by atoms with E-state index in [0.717, 1.165) is 45.4 Å². The van der Waals surface area contributed by atoms with E-state index in [1.165, 1.54) is 5.69 Å². The summed E-state index contributed by atoms with van der Waals surface area (Å²) in [6.07, 6.45) is 4.86. The number of amides is 1. The number of nitrogens with zero attached hydrogens (tertiary/aromatic N) is 3. The van der Waals surface area contributed by atoms with E-state index in [2.05, 4.69) is 27.7 Å². The largest absolute Gasteiger partial charge is 0.377 e. The number of carbonyl (C=O) groups excluding carboxylic acids is 1. The van der Waals surface area contributed by atoms with Crippen molar-refractivity contribution in [1.82, 2.24) is 14.7 Å². The molecule has 2 fully saturated rings. The van der Waals surface area contributed by atoms with Gasteiger partial charge in [-0.15, -0.1) is 0 Å². The van der Waals surface area contributed by atoms with Crippen molar-refractivity contribution in [2.24, 2.45) is 17.6 Å². The first-order valence-corrected chi connectivity index (χ1v) is 8.33. The second-order valence-electron chi connectivity index (χ2n) is 6.38. The number of hydrogen-bond donors (Lipinski definition) is 1. The Morgan fingerprint density at radius 2 is 2.18 bits per heavy atom. The maximum absolute atomic E-state index is 11.5. The molecule has 3 heterocycles. The smallest absolute Gasteiger partial charge is 0.223 e. The van der Waals surface area contributed by atoms with Gasteiger partial charge in [-0.3, -0.25) is 14.4 Å². The Balaban J connectivity index is 1.53. The molecule has 2 aliphatic rings. The molecule has 2 N–H and O–H groups in total. The van der Waals surface area contributed by atoms with Crippen LogP contribution in [0.4, 0.5) is 0 Å². The van der Waals surface area contributed by atoms with E-state index in [4.69, 9.17) is 10.5 Å². The maximum Gasteiger partial charge on any atom is 0.223 e. The molecule has 0 unspecified atom stereocenters. The van der Waals surface area contributed by atoms with Crippen LogP contribution in [0.5, 0.6) is 0 Å². The molecule has 0 aliphatic carbocycles. The molecule has 1 aromatic heterocycles. The van der Waals surface area contributed by atoms with Gasteiger partial charge in [-0.25, -0.2) is 0 Å². The van der Waals surface area contributed by atoms with Gasteiger partial charge >= 0.3 is 0 Å². The highest BCUT2D eigenvalue weighted by Crippen LogP contribution is 2.33. The summed E-state index contributed by atoms with van der Waals surface area (Å²) in [5, 5.41) is 4.33. The normalized spacial score (nSPS) is 27.3. The number of ether oxygens (including phenoxy) is 1. The SMILES string of the molecule is CCn1nccc1CN1CCC([C@H]2OCC[C@@H]2C(N)=O)CC1. The number of hydrogen-bond acceptors (Lipinski definition) is 4. The van der Waals surface area contributed by atoms with Crippen LogP contribution >= 0.6 is 0 Å². The molecule has 2 aliphatic heterocycles. The predicted molar refractivity (Wildman–Crippen MR) is 82.9 cm³/mol. The zero-order valence-electron chi connectivity index (χ0n) is 13.3. The Hall–Kier alpha value is -1.40. The van der Waals surface area contributed by atoms with Gasteiger partial charge in [0.25, 0.3) is 0 Å². The van der Waals surface area contributed by atoms with Crippen LogP contribution in [0.3, 0.4) is 0 Å². The molecular weight excluding hydrogens is 280 g/mol.